The zero-order valence-electron chi connectivity index (χ0n) is 15.4. The number of benzene rings is 2. The number of fused-ring (bicyclic) bond motifs is 3. The highest BCUT2D eigenvalue weighted by Gasteiger charge is 2.18. The Morgan fingerprint density at radius 2 is 1.93 bits per heavy atom. The number of ether oxygens (including phenoxy) is 1. The maximum atomic E-state index is 6.41. The highest BCUT2D eigenvalue weighted by atomic mass is 16.5. The van der Waals surface area contributed by atoms with E-state index < -0.39 is 0 Å². The lowest BCUT2D eigenvalue weighted by molar-refractivity contribution is 0.310. The number of rotatable bonds is 6. The van der Waals surface area contributed by atoms with Crippen LogP contribution in [-0.4, -0.2) is 26.6 Å². The van der Waals surface area contributed by atoms with Crippen molar-refractivity contribution in [1.82, 2.24) is 20.0 Å². The molecule has 0 radical (unpaired) electrons. The zero-order valence-corrected chi connectivity index (χ0v) is 15.4. The summed E-state index contributed by atoms with van der Waals surface area (Å²) in [6.07, 6.45) is 0. The standard InChI is InChI=1S/C20H22N6O/c1-13(2)11-22-19-17-15(26-20(18(19)21)23-24-25-26)9-6-10-16(17)27-12-14-7-4-3-5-8-14/h3-10,13,22H,11-12,21H2,1-2H3. The summed E-state index contributed by atoms with van der Waals surface area (Å²) in [7, 11) is 0. The van der Waals surface area contributed by atoms with Crippen LogP contribution < -0.4 is 15.8 Å². The van der Waals surface area contributed by atoms with Gasteiger partial charge in [-0.15, -0.1) is 5.10 Å². The summed E-state index contributed by atoms with van der Waals surface area (Å²) in [6.45, 7) is 5.55. The van der Waals surface area contributed by atoms with E-state index in [0.717, 1.165) is 34.4 Å². The molecule has 7 heteroatoms. The fourth-order valence-electron chi connectivity index (χ4n) is 3.06. The van der Waals surface area contributed by atoms with Gasteiger partial charge in [-0.2, -0.15) is 4.52 Å². The molecule has 2 heterocycles. The highest BCUT2D eigenvalue weighted by Crippen LogP contribution is 2.38. The van der Waals surface area contributed by atoms with Crippen LogP contribution in [0.1, 0.15) is 19.4 Å². The van der Waals surface area contributed by atoms with Crippen LogP contribution in [0.25, 0.3) is 16.6 Å². The number of nitrogens with one attached hydrogen (secondary N) is 1. The summed E-state index contributed by atoms with van der Waals surface area (Å²) >= 11 is 0. The summed E-state index contributed by atoms with van der Waals surface area (Å²) in [4.78, 5) is 0. The van der Waals surface area contributed by atoms with Crippen LogP contribution in [0.2, 0.25) is 0 Å². The minimum Gasteiger partial charge on any atom is -0.488 e. The predicted octanol–water partition coefficient (Wildman–Crippen LogP) is 3.51. The van der Waals surface area contributed by atoms with Crippen LogP contribution in [-0.2, 0) is 6.61 Å². The molecule has 3 N–H and O–H groups in total. The number of nitrogen functional groups attached to an aromatic ring is 1. The second-order valence-electron chi connectivity index (χ2n) is 6.90. The molecular weight excluding hydrogens is 340 g/mol. The predicted molar refractivity (Wildman–Crippen MR) is 107 cm³/mol. The number of nitrogens with zero attached hydrogens (tertiary/aromatic N) is 4. The fraction of sp³-hybridized carbons (Fsp3) is 0.250. The lowest BCUT2D eigenvalue weighted by Crippen LogP contribution is -2.12. The van der Waals surface area contributed by atoms with E-state index in [-0.39, 0.29) is 0 Å². The van der Waals surface area contributed by atoms with Crippen LogP contribution >= 0.6 is 0 Å². The third kappa shape index (κ3) is 3.23. The van der Waals surface area contributed by atoms with E-state index in [4.69, 9.17) is 10.5 Å². The first-order chi connectivity index (χ1) is 13.1. The molecule has 0 saturated carbocycles. The molecule has 0 aliphatic heterocycles. The van der Waals surface area contributed by atoms with Crippen LogP contribution in [0.3, 0.4) is 0 Å². The van der Waals surface area contributed by atoms with Gasteiger partial charge in [-0.3, -0.25) is 0 Å². The number of anilines is 2. The van der Waals surface area contributed by atoms with E-state index in [9.17, 15) is 0 Å². The second-order valence-corrected chi connectivity index (χ2v) is 6.90. The molecule has 0 spiro atoms. The monoisotopic (exact) mass is 362 g/mol. The van der Waals surface area contributed by atoms with Crippen molar-refractivity contribution in [2.75, 3.05) is 17.6 Å². The Labute approximate surface area is 157 Å². The Bertz CT molecular complexity index is 1070. The van der Waals surface area contributed by atoms with Gasteiger partial charge in [0.25, 0.3) is 0 Å². The van der Waals surface area contributed by atoms with Gasteiger partial charge in [-0.05, 0) is 34.0 Å². The van der Waals surface area contributed by atoms with Gasteiger partial charge in [0.15, 0.2) is 0 Å². The minimum absolute atomic E-state index is 0.462. The van der Waals surface area contributed by atoms with Crippen molar-refractivity contribution in [1.29, 1.82) is 0 Å². The normalized spacial score (nSPS) is 11.4. The summed E-state index contributed by atoms with van der Waals surface area (Å²) in [5.41, 5.74) is 10.2. The molecule has 0 unspecified atom stereocenters. The Hall–Kier alpha value is -3.35. The molecule has 4 aromatic rings. The minimum atomic E-state index is 0.462. The quantitative estimate of drug-likeness (QED) is 0.545. The summed E-state index contributed by atoms with van der Waals surface area (Å²) in [6, 6.07) is 15.9. The van der Waals surface area contributed by atoms with Gasteiger partial charge < -0.3 is 15.8 Å². The number of hydrogen-bond donors (Lipinski definition) is 2. The van der Waals surface area contributed by atoms with Gasteiger partial charge in [-0.1, -0.05) is 50.2 Å². The fourth-order valence-corrected chi connectivity index (χ4v) is 3.06. The molecular formula is C20H22N6O. The van der Waals surface area contributed by atoms with E-state index in [0.29, 0.717) is 23.9 Å². The first-order valence-corrected chi connectivity index (χ1v) is 8.98. The lowest BCUT2D eigenvalue weighted by Gasteiger charge is -2.18. The van der Waals surface area contributed by atoms with Crippen molar-refractivity contribution in [3.63, 3.8) is 0 Å². The Kier molecular flexibility index (Phi) is 4.50. The van der Waals surface area contributed by atoms with Crippen molar-refractivity contribution in [3.8, 4) is 5.75 Å². The Balaban J connectivity index is 1.84. The van der Waals surface area contributed by atoms with Gasteiger partial charge >= 0.3 is 0 Å². The molecule has 0 aliphatic rings. The van der Waals surface area contributed by atoms with Crippen LogP contribution in [0.5, 0.6) is 5.75 Å². The molecule has 0 fully saturated rings. The topological polar surface area (TPSA) is 90.4 Å². The average molecular weight is 362 g/mol. The molecule has 4 rings (SSSR count). The van der Waals surface area contributed by atoms with E-state index >= 15 is 0 Å². The summed E-state index contributed by atoms with van der Waals surface area (Å²) < 4.78 is 7.81. The summed E-state index contributed by atoms with van der Waals surface area (Å²) in [5, 5.41) is 16.3. The van der Waals surface area contributed by atoms with Crippen LogP contribution in [0.15, 0.2) is 48.5 Å². The molecule has 2 aromatic heterocycles. The lowest BCUT2D eigenvalue weighted by atomic mass is 10.1. The number of pyridine rings is 1. The van der Waals surface area contributed by atoms with Crippen molar-refractivity contribution in [2.45, 2.75) is 20.5 Å². The Morgan fingerprint density at radius 3 is 2.70 bits per heavy atom. The van der Waals surface area contributed by atoms with Gasteiger partial charge in [0.05, 0.1) is 16.6 Å². The molecule has 27 heavy (non-hydrogen) atoms. The SMILES string of the molecule is CC(C)CNc1c(N)c2nnnn2c2cccc(OCc3ccccc3)c12. The molecule has 7 nitrogen and oxygen atoms in total. The number of hydrogen-bond acceptors (Lipinski definition) is 6. The van der Waals surface area contributed by atoms with Gasteiger partial charge in [0, 0.05) is 6.54 Å². The van der Waals surface area contributed by atoms with Gasteiger partial charge in [-0.25, -0.2) is 0 Å². The molecule has 0 amide bonds. The molecule has 0 aliphatic carbocycles. The largest absolute Gasteiger partial charge is 0.488 e. The molecule has 0 bridgehead atoms. The van der Waals surface area contributed by atoms with E-state index in [1.54, 1.807) is 4.52 Å². The van der Waals surface area contributed by atoms with E-state index in [1.165, 1.54) is 0 Å². The zero-order chi connectivity index (χ0) is 18.8. The van der Waals surface area contributed by atoms with Crippen molar-refractivity contribution < 1.29 is 4.74 Å². The molecule has 0 saturated heterocycles. The molecule has 2 aromatic carbocycles. The first-order valence-electron chi connectivity index (χ1n) is 8.98. The first kappa shape index (κ1) is 17.1. The Morgan fingerprint density at radius 1 is 1.11 bits per heavy atom. The van der Waals surface area contributed by atoms with Gasteiger partial charge in [0.2, 0.25) is 5.65 Å². The molecule has 0 atom stereocenters. The highest BCUT2D eigenvalue weighted by molar-refractivity contribution is 6.05. The third-order valence-corrected chi connectivity index (χ3v) is 4.39. The third-order valence-electron chi connectivity index (χ3n) is 4.39. The van der Waals surface area contributed by atoms with Crippen LogP contribution in [0.4, 0.5) is 11.4 Å². The smallest absolute Gasteiger partial charge is 0.204 e. The summed E-state index contributed by atoms with van der Waals surface area (Å²) in [5.74, 6) is 1.20. The maximum Gasteiger partial charge on any atom is 0.204 e. The van der Waals surface area contributed by atoms with E-state index in [2.05, 4.69) is 34.7 Å². The van der Waals surface area contributed by atoms with E-state index in [1.807, 2.05) is 48.5 Å². The number of nitrogens with two attached hydrogens (primary N) is 1. The number of tetrazole rings is 1. The average Bonchev–Trinajstić information content (AvgIpc) is 3.17. The van der Waals surface area contributed by atoms with Crippen molar-refractivity contribution >= 4 is 27.9 Å². The molecule has 138 valence electrons. The maximum absolute atomic E-state index is 6.41. The van der Waals surface area contributed by atoms with Crippen LogP contribution in [0, 0.1) is 5.92 Å². The number of aromatic nitrogens is 4. The van der Waals surface area contributed by atoms with Gasteiger partial charge in [0.1, 0.15) is 18.0 Å². The van der Waals surface area contributed by atoms with Crippen molar-refractivity contribution in [3.05, 3.63) is 54.1 Å². The second kappa shape index (κ2) is 7.11. The van der Waals surface area contributed by atoms with Crippen molar-refractivity contribution in [2.24, 2.45) is 5.92 Å².